The van der Waals surface area contributed by atoms with Crippen molar-refractivity contribution in [3.05, 3.63) is 71.2 Å². The summed E-state index contributed by atoms with van der Waals surface area (Å²) in [5.74, 6) is -0.0707. The molecule has 0 unspecified atom stereocenters. The average molecular weight is 407 g/mol. The molecule has 1 aliphatic carbocycles. The molecule has 0 atom stereocenters. The summed E-state index contributed by atoms with van der Waals surface area (Å²) in [4.78, 5) is 30.6. The van der Waals surface area contributed by atoms with Crippen molar-refractivity contribution in [3.8, 4) is 5.69 Å². The van der Waals surface area contributed by atoms with E-state index >= 15 is 0 Å². The van der Waals surface area contributed by atoms with Crippen molar-refractivity contribution >= 4 is 29.3 Å². The van der Waals surface area contributed by atoms with Gasteiger partial charge in [0.05, 0.1) is 5.69 Å². The molecular weight excluding hydrogens is 384 g/mol. The van der Waals surface area contributed by atoms with Crippen LogP contribution in [0.5, 0.6) is 0 Å². The molecule has 1 amide bonds. The van der Waals surface area contributed by atoms with Crippen LogP contribution in [0.1, 0.15) is 44.8 Å². The topological polar surface area (TPSA) is 90.0 Å². The fourth-order valence-electron chi connectivity index (χ4n) is 3.11. The molecule has 29 heavy (non-hydrogen) atoms. The summed E-state index contributed by atoms with van der Waals surface area (Å²) in [6, 6.07) is 13.1. The summed E-state index contributed by atoms with van der Waals surface area (Å²) in [5, 5.41) is 2.99. The van der Waals surface area contributed by atoms with E-state index in [0.29, 0.717) is 11.1 Å². The van der Waals surface area contributed by atoms with Gasteiger partial charge < -0.3 is 11.1 Å². The molecule has 0 bridgehead atoms. The summed E-state index contributed by atoms with van der Waals surface area (Å²) >= 11 is 1.61. The van der Waals surface area contributed by atoms with Crippen LogP contribution in [-0.4, -0.2) is 33.5 Å². The number of nitrogens with two attached hydrogens (primary N) is 1. The number of amides is 1. The average Bonchev–Trinajstić information content (AvgIpc) is 3.47. The maximum atomic E-state index is 12.9. The van der Waals surface area contributed by atoms with Crippen LogP contribution in [0.3, 0.4) is 0 Å². The highest BCUT2D eigenvalue weighted by molar-refractivity contribution is 7.98. The van der Waals surface area contributed by atoms with Crippen LogP contribution in [-0.2, 0) is 0 Å². The molecule has 1 heterocycles. The first-order valence-electron chi connectivity index (χ1n) is 9.41. The quantitative estimate of drug-likeness (QED) is 0.482. The first-order valence-corrected chi connectivity index (χ1v) is 10.6. The van der Waals surface area contributed by atoms with Gasteiger partial charge in [0, 0.05) is 22.1 Å². The van der Waals surface area contributed by atoms with Gasteiger partial charge in [0.25, 0.3) is 5.91 Å². The number of nitrogens with one attached hydrogen (secondary N) is 1. The molecule has 2 aromatic carbocycles. The van der Waals surface area contributed by atoms with Crippen LogP contribution >= 0.6 is 11.8 Å². The summed E-state index contributed by atoms with van der Waals surface area (Å²) < 4.78 is 1.66. The summed E-state index contributed by atoms with van der Waals surface area (Å²) in [5.41, 5.74) is 9.25. The molecule has 0 saturated heterocycles. The smallest absolute Gasteiger partial charge is 0.251 e. The Morgan fingerprint density at radius 3 is 2.48 bits per heavy atom. The van der Waals surface area contributed by atoms with Crippen LogP contribution in [0.4, 0.5) is 5.82 Å². The number of carbonyl (C=O) groups is 2. The van der Waals surface area contributed by atoms with E-state index in [-0.39, 0.29) is 29.2 Å². The fraction of sp³-hybridized carbons (Fsp3) is 0.227. The van der Waals surface area contributed by atoms with Gasteiger partial charge in [0.15, 0.2) is 5.69 Å². The lowest BCUT2D eigenvalue weighted by atomic mass is 10.1. The molecule has 4 rings (SSSR count). The standard InChI is InChI=1S/C22H22N4O2S/c1-13-3-4-15(22(28)25-16-7-8-16)11-18(13)26-12-24-19(21(26)23)20(27)14-5-9-17(29-2)10-6-14/h3-6,9-12,16H,7-8,23H2,1-2H3,(H,25,28). The maximum Gasteiger partial charge on any atom is 0.251 e. The van der Waals surface area contributed by atoms with E-state index in [0.717, 1.165) is 29.0 Å². The fourth-order valence-corrected chi connectivity index (χ4v) is 3.52. The van der Waals surface area contributed by atoms with Crippen LogP contribution in [0.2, 0.25) is 0 Å². The normalized spacial score (nSPS) is 13.3. The van der Waals surface area contributed by atoms with Gasteiger partial charge in [0.2, 0.25) is 5.78 Å². The molecule has 1 fully saturated rings. The predicted octanol–water partition coefficient (Wildman–Crippen LogP) is 3.61. The number of hydrogen-bond donors (Lipinski definition) is 2. The number of imidazole rings is 1. The third-order valence-electron chi connectivity index (χ3n) is 5.02. The van der Waals surface area contributed by atoms with Gasteiger partial charge in [-0.2, -0.15) is 0 Å². The first-order chi connectivity index (χ1) is 14.0. The lowest BCUT2D eigenvalue weighted by molar-refractivity contribution is 0.0950. The SMILES string of the molecule is CSc1ccc(C(=O)c2ncn(-c3cc(C(=O)NC4CC4)ccc3C)c2N)cc1. The number of benzene rings is 2. The molecule has 0 radical (unpaired) electrons. The second kappa shape index (κ2) is 7.75. The summed E-state index contributed by atoms with van der Waals surface area (Å²) in [7, 11) is 0. The summed E-state index contributed by atoms with van der Waals surface area (Å²) in [6.45, 7) is 1.93. The number of aromatic nitrogens is 2. The third kappa shape index (κ3) is 3.91. The second-order valence-electron chi connectivity index (χ2n) is 7.16. The highest BCUT2D eigenvalue weighted by atomic mass is 32.2. The Bertz CT molecular complexity index is 1080. The van der Waals surface area contributed by atoms with Crippen molar-refractivity contribution in [3.63, 3.8) is 0 Å². The molecule has 0 spiro atoms. The van der Waals surface area contributed by atoms with Gasteiger partial charge in [-0.1, -0.05) is 6.07 Å². The van der Waals surface area contributed by atoms with Crippen molar-refractivity contribution < 1.29 is 9.59 Å². The Labute approximate surface area is 173 Å². The Balaban J connectivity index is 1.65. The zero-order chi connectivity index (χ0) is 20.5. The minimum absolute atomic E-state index is 0.0994. The molecule has 3 aromatic rings. The van der Waals surface area contributed by atoms with E-state index in [4.69, 9.17) is 5.73 Å². The van der Waals surface area contributed by atoms with E-state index in [1.54, 1.807) is 40.6 Å². The number of carbonyl (C=O) groups excluding carboxylic acids is 2. The lowest BCUT2D eigenvalue weighted by Crippen LogP contribution is -2.25. The Kier molecular flexibility index (Phi) is 5.15. The number of thioether (sulfide) groups is 1. The van der Waals surface area contributed by atoms with E-state index in [1.165, 1.54) is 6.33 Å². The van der Waals surface area contributed by atoms with Gasteiger partial charge in [0.1, 0.15) is 12.1 Å². The lowest BCUT2D eigenvalue weighted by Gasteiger charge is -2.12. The number of nitrogen functional groups attached to an aromatic ring is 1. The van der Waals surface area contributed by atoms with Gasteiger partial charge in [-0.05, 0) is 68.0 Å². The zero-order valence-electron chi connectivity index (χ0n) is 16.3. The molecule has 1 aromatic heterocycles. The van der Waals surface area contributed by atoms with E-state index < -0.39 is 0 Å². The van der Waals surface area contributed by atoms with Crippen LogP contribution < -0.4 is 11.1 Å². The number of nitrogens with zero attached hydrogens (tertiary/aromatic N) is 2. The Morgan fingerprint density at radius 1 is 1.14 bits per heavy atom. The number of anilines is 1. The van der Waals surface area contributed by atoms with Crippen molar-refractivity contribution in [2.24, 2.45) is 0 Å². The molecule has 1 saturated carbocycles. The largest absolute Gasteiger partial charge is 0.383 e. The first kappa shape index (κ1) is 19.3. The zero-order valence-corrected chi connectivity index (χ0v) is 17.1. The van der Waals surface area contributed by atoms with E-state index in [9.17, 15) is 9.59 Å². The predicted molar refractivity (Wildman–Crippen MR) is 115 cm³/mol. The third-order valence-corrected chi connectivity index (χ3v) is 5.76. The molecule has 3 N–H and O–H groups in total. The molecule has 0 aliphatic heterocycles. The number of aryl methyl sites for hydroxylation is 1. The van der Waals surface area contributed by atoms with Gasteiger partial charge >= 0.3 is 0 Å². The highest BCUT2D eigenvalue weighted by Gasteiger charge is 2.24. The molecule has 6 nitrogen and oxygen atoms in total. The van der Waals surface area contributed by atoms with Crippen molar-refractivity contribution in [1.82, 2.24) is 14.9 Å². The maximum absolute atomic E-state index is 12.9. The van der Waals surface area contributed by atoms with Crippen LogP contribution in [0.25, 0.3) is 5.69 Å². The van der Waals surface area contributed by atoms with Crippen LogP contribution in [0, 0.1) is 6.92 Å². The number of hydrogen-bond acceptors (Lipinski definition) is 5. The molecular formula is C22H22N4O2S. The molecule has 1 aliphatic rings. The van der Waals surface area contributed by atoms with Crippen molar-refractivity contribution in [2.45, 2.75) is 30.7 Å². The van der Waals surface area contributed by atoms with Crippen molar-refractivity contribution in [1.29, 1.82) is 0 Å². The van der Waals surface area contributed by atoms with Crippen molar-refractivity contribution in [2.75, 3.05) is 12.0 Å². The van der Waals surface area contributed by atoms with Gasteiger partial charge in [-0.25, -0.2) is 4.98 Å². The van der Waals surface area contributed by atoms with Crippen LogP contribution in [0.15, 0.2) is 53.7 Å². The molecule has 7 heteroatoms. The van der Waals surface area contributed by atoms with Gasteiger partial charge in [-0.15, -0.1) is 11.8 Å². The number of rotatable bonds is 6. The van der Waals surface area contributed by atoms with E-state index in [1.807, 2.05) is 31.4 Å². The monoisotopic (exact) mass is 406 g/mol. The molecule has 148 valence electrons. The number of ketones is 1. The highest BCUT2D eigenvalue weighted by Crippen LogP contribution is 2.25. The Morgan fingerprint density at radius 2 is 1.83 bits per heavy atom. The minimum Gasteiger partial charge on any atom is -0.383 e. The van der Waals surface area contributed by atoms with E-state index in [2.05, 4.69) is 10.3 Å². The second-order valence-corrected chi connectivity index (χ2v) is 8.03. The minimum atomic E-state index is -0.228. The Hall–Kier alpha value is -3.06. The van der Waals surface area contributed by atoms with Gasteiger partial charge in [-0.3, -0.25) is 14.2 Å². The summed E-state index contributed by atoms with van der Waals surface area (Å²) in [6.07, 6.45) is 5.58.